The minimum Gasteiger partial charge on any atom is -0.0654 e. The van der Waals surface area contributed by atoms with Gasteiger partial charge in [0.15, 0.2) is 0 Å². The number of fused-ring (bicyclic) bond motifs is 3. The lowest BCUT2D eigenvalue weighted by Gasteiger charge is -2.21. The summed E-state index contributed by atoms with van der Waals surface area (Å²) in [6.45, 7) is 4.62. The van der Waals surface area contributed by atoms with Crippen molar-refractivity contribution in [2.45, 2.75) is 123 Å². The van der Waals surface area contributed by atoms with E-state index in [1.54, 1.807) is 22.3 Å². The van der Waals surface area contributed by atoms with Crippen LogP contribution in [0.2, 0.25) is 0 Å². The first-order valence-corrected chi connectivity index (χ1v) is 15.6. The van der Waals surface area contributed by atoms with E-state index in [2.05, 4.69) is 74.5 Å². The molecule has 0 heteroatoms. The predicted molar refractivity (Wildman–Crippen MR) is 164 cm³/mol. The highest BCUT2D eigenvalue weighted by Crippen LogP contribution is 2.45. The minimum atomic E-state index is 1.08. The van der Waals surface area contributed by atoms with E-state index in [4.69, 9.17) is 0 Å². The van der Waals surface area contributed by atoms with Gasteiger partial charge in [0.25, 0.3) is 0 Å². The molecule has 4 rings (SSSR count). The van der Waals surface area contributed by atoms with Crippen LogP contribution in [0, 0.1) is 0 Å². The van der Waals surface area contributed by atoms with Crippen LogP contribution in [-0.4, -0.2) is 0 Å². The molecular weight excluding hydrogens is 444 g/mol. The predicted octanol–water partition coefficient (Wildman–Crippen LogP) is 11.5. The Labute approximate surface area is 227 Å². The Kier molecular flexibility index (Phi) is 11.3. The normalized spacial score (nSPS) is 12.1. The van der Waals surface area contributed by atoms with E-state index in [0.717, 1.165) is 6.42 Å². The van der Waals surface area contributed by atoms with E-state index in [-0.39, 0.29) is 0 Å². The van der Waals surface area contributed by atoms with Crippen LogP contribution < -0.4 is 0 Å². The van der Waals surface area contributed by atoms with Gasteiger partial charge in [-0.2, -0.15) is 0 Å². The zero-order valence-corrected chi connectivity index (χ0v) is 23.8. The second kappa shape index (κ2) is 15.2. The van der Waals surface area contributed by atoms with Crippen molar-refractivity contribution in [1.29, 1.82) is 0 Å². The zero-order chi connectivity index (χ0) is 25.7. The van der Waals surface area contributed by atoms with Crippen molar-refractivity contribution in [1.82, 2.24) is 0 Å². The number of hydrogen-bond donors (Lipinski definition) is 0. The number of rotatable bonds is 17. The number of hydrogen-bond acceptors (Lipinski definition) is 0. The SMILES string of the molecule is CCCCCCCCCc1cc2c(c(-c3ccccc3)c1CCCCCCCCC)Cc1ccccc1-2. The molecule has 0 unspecified atom stereocenters. The summed E-state index contributed by atoms with van der Waals surface area (Å²) >= 11 is 0. The average Bonchev–Trinajstić information content (AvgIpc) is 3.30. The molecule has 0 saturated heterocycles. The molecule has 0 atom stereocenters. The first kappa shape index (κ1) is 27.7. The molecule has 3 aromatic rings. The molecular formula is C37H50. The fourth-order valence-electron chi connectivity index (χ4n) is 6.37. The second-order valence-electron chi connectivity index (χ2n) is 11.4. The quantitative estimate of drug-likeness (QED) is 0.128. The third kappa shape index (κ3) is 7.59. The lowest BCUT2D eigenvalue weighted by atomic mass is 9.84. The van der Waals surface area contributed by atoms with Crippen LogP contribution in [0.5, 0.6) is 0 Å². The Hall–Kier alpha value is -2.34. The van der Waals surface area contributed by atoms with Crippen LogP contribution in [-0.2, 0) is 19.3 Å². The minimum absolute atomic E-state index is 1.08. The van der Waals surface area contributed by atoms with Crippen LogP contribution >= 0.6 is 0 Å². The topological polar surface area (TPSA) is 0 Å². The third-order valence-electron chi connectivity index (χ3n) is 8.45. The van der Waals surface area contributed by atoms with E-state index in [1.807, 2.05) is 0 Å². The van der Waals surface area contributed by atoms with Crippen molar-refractivity contribution in [3.8, 4) is 22.3 Å². The van der Waals surface area contributed by atoms with Gasteiger partial charge in [0.05, 0.1) is 0 Å². The summed E-state index contributed by atoms with van der Waals surface area (Å²) in [6, 6.07) is 23.1. The molecule has 0 aromatic heterocycles. The monoisotopic (exact) mass is 494 g/mol. The van der Waals surface area contributed by atoms with E-state index >= 15 is 0 Å². The van der Waals surface area contributed by atoms with E-state index in [0.29, 0.717) is 0 Å². The van der Waals surface area contributed by atoms with Gasteiger partial charge in [-0.25, -0.2) is 0 Å². The van der Waals surface area contributed by atoms with E-state index in [9.17, 15) is 0 Å². The largest absolute Gasteiger partial charge is 0.0654 e. The lowest BCUT2D eigenvalue weighted by Crippen LogP contribution is -2.03. The van der Waals surface area contributed by atoms with E-state index < -0.39 is 0 Å². The van der Waals surface area contributed by atoms with Gasteiger partial charge in [0.1, 0.15) is 0 Å². The maximum absolute atomic E-state index is 2.61. The summed E-state index contributed by atoms with van der Waals surface area (Å²) in [5, 5.41) is 0. The molecule has 0 fully saturated rings. The molecule has 37 heavy (non-hydrogen) atoms. The van der Waals surface area contributed by atoms with Gasteiger partial charge < -0.3 is 0 Å². The van der Waals surface area contributed by atoms with Gasteiger partial charge in [-0.1, -0.05) is 152 Å². The average molecular weight is 495 g/mol. The molecule has 0 radical (unpaired) electrons. The molecule has 0 bridgehead atoms. The van der Waals surface area contributed by atoms with Crippen molar-refractivity contribution in [3.05, 3.63) is 82.9 Å². The Bertz CT molecular complexity index is 1070. The highest BCUT2D eigenvalue weighted by Gasteiger charge is 2.25. The standard InChI is InChI=1S/C37H50/c1-3-5-7-9-11-13-16-24-32-28-35-33-26-21-20-25-31(33)29-36(35)37(30-22-17-15-18-23-30)34(32)27-19-14-12-10-8-6-4-2/h15,17-18,20-23,25-26,28H,3-14,16,19,24,27,29H2,1-2H3. The van der Waals surface area contributed by atoms with Crippen LogP contribution in [0.15, 0.2) is 60.7 Å². The number of unbranched alkanes of at least 4 members (excludes halogenated alkanes) is 12. The van der Waals surface area contributed by atoms with Gasteiger partial charge in [-0.05, 0) is 76.6 Å². The Morgan fingerprint density at radius 1 is 0.541 bits per heavy atom. The Morgan fingerprint density at radius 3 is 1.78 bits per heavy atom. The van der Waals surface area contributed by atoms with Gasteiger partial charge in [0.2, 0.25) is 0 Å². The maximum Gasteiger partial charge on any atom is -0.000718 e. The summed E-state index contributed by atoms with van der Waals surface area (Å²) in [6.07, 6.45) is 22.8. The number of benzene rings is 3. The lowest BCUT2D eigenvalue weighted by molar-refractivity contribution is 0.583. The molecule has 0 N–H and O–H groups in total. The summed E-state index contributed by atoms with van der Waals surface area (Å²) < 4.78 is 0. The zero-order valence-electron chi connectivity index (χ0n) is 23.8. The van der Waals surface area contributed by atoms with Crippen molar-refractivity contribution in [3.63, 3.8) is 0 Å². The molecule has 1 aliphatic rings. The molecule has 198 valence electrons. The van der Waals surface area contributed by atoms with Crippen molar-refractivity contribution < 1.29 is 0 Å². The highest BCUT2D eigenvalue weighted by molar-refractivity contribution is 5.87. The maximum atomic E-state index is 2.61. The summed E-state index contributed by atoms with van der Waals surface area (Å²) in [5.74, 6) is 0. The molecule has 0 nitrogen and oxygen atoms in total. The Morgan fingerprint density at radius 2 is 1.11 bits per heavy atom. The summed E-state index contributed by atoms with van der Waals surface area (Å²) in [5.41, 5.74) is 12.3. The summed E-state index contributed by atoms with van der Waals surface area (Å²) in [7, 11) is 0. The molecule has 0 spiro atoms. The fraction of sp³-hybridized carbons (Fsp3) is 0.514. The first-order valence-electron chi connectivity index (χ1n) is 15.6. The van der Waals surface area contributed by atoms with Crippen molar-refractivity contribution in [2.24, 2.45) is 0 Å². The van der Waals surface area contributed by atoms with Gasteiger partial charge in [-0.3, -0.25) is 0 Å². The van der Waals surface area contributed by atoms with Crippen LogP contribution in [0.3, 0.4) is 0 Å². The Balaban J connectivity index is 1.59. The summed E-state index contributed by atoms with van der Waals surface area (Å²) in [4.78, 5) is 0. The molecule has 1 aliphatic carbocycles. The van der Waals surface area contributed by atoms with E-state index in [1.165, 1.54) is 125 Å². The van der Waals surface area contributed by atoms with Crippen molar-refractivity contribution in [2.75, 3.05) is 0 Å². The smallest absolute Gasteiger partial charge is 0.000718 e. The van der Waals surface area contributed by atoms with Crippen LogP contribution in [0.25, 0.3) is 22.3 Å². The molecule has 0 saturated carbocycles. The first-order chi connectivity index (χ1) is 18.3. The number of aryl methyl sites for hydroxylation is 1. The molecule has 0 amide bonds. The second-order valence-corrected chi connectivity index (χ2v) is 11.4. The van der Waals surface area contributed by atoms with Gasteiger partial charge in [0, 0.05) is 0 Å². The van der Waals surface area contributed by atoms with Gasteiger partial charge >= 0.3 is 0 Å². The third-order valence-corrected chi connectivity index (χ3v) is 8.45. The molecule has 0 heterocycles. The fourth-order valence-corrected chi connectivity index (χ4v) is 6.37. The molecule has 3 aromatic carbocycles. The van der Waals surface area contributed by atoms with Crippen molar-refractivity contribution >= 4 is 0 Å². The van der Waals surface area contributed by atoms with Crippen LogP contribution in [0.4, 0.5) is 0 Å². The molecule has 0 aliphatic heterocycles. The van der Waals surface area contributed by atoms with Gasteiger partial charge in [-0.15, -0.1) is 0 Å². The highest BCUT2D eigenvalue weighted by atomic mass is 14.3. The van der Waals surface area contributed by atoms with Crippen LogP contribution in [0.1, 0.15) is 126 Å².